The number of aryl methyl sites for hydroxylation is 3. The van der Waals surface area contributed by atoms with Crippen molar-refractivity contribution < 1.29 is 28.5 Å². The Morgan fingerprint density at radius 3 is 2.38 bits per heavy atom. The Labute approximate surface area is 190 Å². The summed E-state index contributed by atoms with van der Waals surface area (Å²) in [5, 5.41) is 0. The minimum atomic E-state index is -0.870. The van der Waals surface area contributed by atoms with E-state index in [0.29, 0.717) is 17.9 Å². The number of Topliss-reactive ketones (excluding diaryl/α,β-unsaturated/α-hetero) is 1. The van der Waals surface area contributed by atoms with Gasteiger partial charge < -0.3 is 18.9 Å². The molecule has 0 amide bonds. The van der Waals surface area contributed by atoms with E-state index < -0.39 is 22.6 Å². The second kappa shape index (κ2) is 7.42. The summed E-state index contributed by atoms with van der Waals surface area (Å²) in [6.45, 7) is 13.8. The summed E-state index contributed by atoms with van der Waals surface area (Å²) < 4.78 is 23.4. The zero-order chi connectivity index (χ0) is 23.6. The third-order valence-electron chi connectivity index (χ3n) is 7.97. The molecule has 2 saturated heterocycles. The standard InChI is InChI=1S/C26H34O6/c1-14(2)30-23(28)31-22-20(19-16(4)11-15(3)12-17(19)5)21(27)24(6)18-9-10-26(32-18,13-29-8)25(22,24)7/h11-12,14,18H,9-10,13H2,1-8H3/t18-,24+,25-,26-/m0/s1. The Kier molecular flexibility index (Phi) is 5.33. The molecule has 1 aliphatic carbocycles. The smallest absolute Gasteiger partial charge is 0.431 e. The molecule has 2 heterocycles. The van der Waals surface area contributed by atoms with Gasteiger partial charge in [-0.3, -0.25) is 4.79 Å². The molecule has 0 N–H and O–H groups in total. The van der Waals surface area contributed by atoms with E-state index in [-0.39, 0.29) is 18.0 Å². The third kappa shape index (κ3) is 2.78. The summed E-state index contributed by atoms with van der Waals surface area (Å²) in [5.74, 6) is 0.315. The molecule has 32 heavy (non-hydrogen) atoms. The highest BCUT2D eigenvalue weighted by molar-refractivity contribution is 6.28. The van der Waals surface area contributed by atoms with Gasteiger partial charge in [0.2, 0.25) is 0 Å². The van der Waals surface area contributed by atoms with Crippen LogP contribution in [-0.4, -0.2) is 43.5 Å². The minimum Gasteiger partial charge on any atom is -0.431 e. The maximum Gasteiger partial charge on any atom is 0.513 e. The van der Waals surface area contributed by atoms with Gasteiger partial charge in [-0.2, -0.15) is 0 Å². The van der Waals surface area contributed by atoms with Crippen LogP contribution in [0.4, 0.5) is 4.79 Å². The second-order valence-electron chi connectivity index (χ2n) is 10.2. The number of hydrogen-bond acceptors (Lipinski definition) is 6. The van der Waals surface area contributed by atoms with Crippen molar-refractivity contribution >= 4 is 17.5 Å². The van der Waals surface area contributed by atoms with Crippen LogP contribution in [0.2, 0.25) is 0 Å². The number of hydrogen-bond donors (Lipinski definition) is 0. The zero-order valence-electron chi connectivity index (χ0n) is 20.4. The average Bonchev–Trinajstić information content (AvgIpc) is 3.24. The topological polar surface area (TPSA) is 71.1 Å². The molecule has 2 fully saturated rings. The summed E-state index contributed by atoms with van der Waals surface area (Å²) >= 11 is 0. The molecule has 1 aromatic rings. The van der Waals surface area contributed by atoms with Crippen molar-refractivity contribution in [2.24, 2.45) is 10.8 Å². The van der Waals surface area contributed by atoms with Crippen LogP contribution in [0.25, 0.3) is 5.57 Å². The van der Waals surface area contributed by atoms with E-state index in [0.717, 1.165) is 35.1 Å². The van der Waals surface area contributed by atoms with Gasteiger partial charge >= 0.3 is 6.16 Å². The van der Waals surface area contributed by atoms with Crippen molar-refractivity contribution in [3.8, 4) is 0 Å². The molecule has 0 spiro atoms. The number of rotatable bonds is 5. The predicted molar refractivity (Wildman–Crippen MR) is 120 cm³/mol. The molecular formula is C26H34O6. The highest BCUT2D eigenvalue weighted by atomic mass is 16.7. The van der Waals surface area contributed by atoms with Crippen LogP contribution >= 0.6 is 0 Å². The van der Waals surface area contributed by atoms with E-state index in [1.807, 2.05) is 34.6 Å². The van der Waals surface area contributed by atoms with E-state index in [1.165, 1.54) is 0 Å². The normalized spacial score (nSPS) is 33.3. The molecule has 4 rings (SSSR count). The van der Waals surface area contributed by atoms with Crippen molar-refractivity contribution in [1.82, 2.24) is 0 Å². The number of carbonyl (C=O) groups is 2. The van der Waals surface area contributed by atoms with Crippen LogP contribution in [0.5, 0.6) is 0 Å². The zero-order valence-corrected chi connectivity index (χ0v) is 20.4. The highest BCUT2D eigenvalue weighted by Gasteiger charge is 2.80. The Bertz CT molecular complexity index is 1000. The van der Waals surface area contributed by atoms with Crippen LogP contribution in [-0.2, 0) is 23.7 Å². The van der Waals surface area contributed by atoms with Crippen molar-refractivity contribution in [2.75, 3.05) is 13.7 Å². The lowest BCUT2D eigenvalue weighted by Gasteiger charge is -2.47. The van der Waals surface area contributed by atoms with Crippen molar-refractivity contribution in [3.63, 3.8) is 0 Å². The monoisotopic (exact) mass is 442 g/mol. The number of ketones is 1. The molecule has 0 radical (unpaired) electrons. The first kappa shape index (κ1) is 23.0. The van der Waals surface area contributed by atoms with E-state index in [1.54, 1.807) is 21.0 Å². The summed E-state index contributed by atoms with van der Waals surface area (Å²) in [4.78, 5) is 27.0. The lowest BCUT2D eigenvalue weighted by Crippen LogP contribution is -2.56. The Hall–Kier alpha value is -2.18. The maximum absolute atomic E-state index is 14.2. The van der Waals surface area contributed by atoms with Crippen LogP contribution < -0.4 is 0 Å². The van der Waals surface area contributed by atoms with Gasteiger partial charge in [-0.1, -0.05) is 17.7 Å². The molecule has 2 aliphatic heterocycles. The lowest BCUT2D eigenvalue weighted by atomic mass is 9.53. The maximum atomic E-state index is 14.2. The first-order chi connectivity index (χ1) is 14.9. The quantitative estimate of drug-likeness (QED) is 0.594. The molecular weight excluding hydrogens is 408 g/mol. The minimum absolute atomic E-state index is 0.0370. The summed E-state index contributed by atoms with van der Waals surface area (Å²) in [5.41, 5.74) is 1.89. The summed E-state index contributed by atoms with van der Waals surface area (Å²) in [6, 6.07) is 4.11. The van der Waals surface area contributed by atoms with Crippen molar-refractivity contribution in [1.29, 1.82) is 0 Å². The molecule has 174 valence electrons. The fourth-order valence-electron chi connectivity index (χ4n) is 6.49. The van der Waals surface area contributed by atoms with Gasteiger partial charge in [0.15, 0.2) is 5.78 Å². The fraction of sp³-hybridized carbons (Fsp3) is 0.615. The summed E-state index contributed by atoms with van der Waals surface area (Å²) in [6.07, 6.45) is 0.0945. The van der Waals surface area contributed by atoms with Crippen molar-refractivity contribution in [2.45, 2.75) is 79.1 Å². The fourth-order valence-corrected chi connectivity index (χ4v) is 6.49. The lowest BCUT2D eigenvalue weighted by molar-refractivity contribution is -0.129. The molecule has 1 aromatic carbocycles. The second-order valence-corrected chi connectivity index (χ2v) is 10.2. The van der Waals surface area contributed by atoms with Gasteiger partial charge in [0.1, 0.15) is 11.4 Å². The first-order valence-electron chi connectivity index (χ1n) is 11.4. The van der Waals surface area contributed by atoms with Gasteiger partial charge in [-0.05, 0) is 78.0 Å². The molecule has 4 atom stereocenters. The average molecular weight is 443 g/mol. The summed E-state index contributed by atoms with van der Waals surface area (Å²) in [7, 11) is 1.63. The number of fused-ring (bicyclic) bond motifs is 5. The number of ether oxygens (including phenoxy) is 4. The molecule has 3 aliphatic rings. The predicted octanol–water partition coefficient (Wildman–Crippen LogP) is 5.06. The number of carbonyl (C=O) groups excluding carboxylic acids is 2. The number of allylic oxidation sites excluding steroid dienone is 1. The molecule has 0 unspecified atom stereocenters. The van der Waals surface area contributed by atoms with Crippen LogP contribution in [0, 0.1) is 31.6 Å². The van der Waals surface area contributed by atoms with Crippen molar-refractivity contribution in [3.05, 3.63) is 40.1 Å². The van der Waals surface area contributed by atoms with Gasteiger partial charge in [0.25, 0.3) is 0 Å². The molecule has 0 aromatic heterocycles. The molecule has 2 bridgehead atoms. The largest absolute Gasteiger partial charge is 0.513 e. The van der Waals surface area contributed by atoms with Gasteiger partial charge in [-0.25, -0.2) is 4.79 Å². The third-order valence-corrected chi connectivity index (χ3v) is 7.97. The molecule has 6 heteroatoms. The van der Waals surface area contributed by atoms with Gasteiger partial charge in [0, 0.05) is 7.11 Å². The Morgan fingerprint density at radius 1 is 1.19 bits per heavy atom. The number of benzene rings is 1. The SMILES string of the molecule is COC[C@]12CC[C@H](O1)[C@]1(C)C(=O)C(c3c(C)cc(C)cc3C)=C(OC(=O)OC(C)C)[C@]21C. The molecule has 6 nitrogen and oxygen atoms in total. The van der Waals surface area contributed by atoms with Gasteiger partial charge in [0.05, 0.1) is 35.2 Å². The van der Waals surface area contributed by atoms with Crippen LogP contribution in [0.15, 0.2) is 17.9 Å². The highest BCUT2D eigenvalue weighted by Crippen LogP contribution is 2.73. The molecule has 0 saturated carbocycles. The van der Waals surface area contributed by atoms with E-state index in [4.69, 9.17) is 18.9 Å². The van der Waals surface area contributed by atoms with Crippen LogP contribution in [0.3, 0.4) is 0 Å². The Balaban J connectivity index is 2.00. The van der Waals surface area contributed by atoms with Crippen LogP contribution in [0.1, 0.15) is 62.8 Å². The van der Waals surface area contributed by atoms with E-state index in [9.17, 15) is 9.59 Å². The van der Waals surface area contributed by atoms with Gasteiger partial charge in [-0.15, -0.1) is 0 Å². The Morgan fingerprint density at radius 2 is 1.81 bits per heavy atom. The first-order valence-corrected chi connectivity index (χ1v) is 11.4. The number of methoxy groups -OCH3 is 1. The van der Waals surface area contributed by atoms with E-state index >= 15 is 0 Å². The van der Waals surface area contributed by atoms with E-state index in [2.05, 4.69) is 12.1 Å².